The number of rotatable bonds is 9. The van der Waals surface area contributed by atoms with E-state index in [-0.39, 0.29) is 12.5 Å². The van der Waals surface area contributed by atoms with Gasteiger partial charge in [0.1, 0.15) is 12.6 Å². The molecule has 0 heterocycles. The van der Waals surface area contributed by atoms with Crippen molar-refractivity contribution in [3.8, 4) is 11.1 Å². The average molecular weight is 460 g/mol. The van der Waals surface area contributed by atoms with Gasteiger partial charge in [0.05, 0.1) is 12.3 Å². The van der Waals surface area contributed by atoms with Gasteiger partial charge in [-0.2, -0.15) is 0 Å². The summed E-state index contributed by atoms with van der Waals surface area (Å²) in [6.07, 6.45) is -4.77. The summed E-state index contributed by atoms with van der Waals surface area (Å²) < 4.78 is 32.1. The number of hydrogen-bond acceptors (Lipinski definition) is 4. The van der Waals surface area contributed by atoms with Gasteiger partial charge < -0.3 is 20.5 Å². The van der Waals surface area contributed by atoms with E-state index in [1.54, 1.807) is 0 Å². The predicted molar refractivity (Wildman–Crippen MR) is 117 cm³/mol. The van der Waals surface area contributed by atoms with Gasteiger partial charge in [0.2, 0.25) is 5.91 Å². The maximum absolute atomic E-state index is 13.4. The number of fused-ring (bicyclic) bond motifs is 3. The third kappa shape index (κ3) is 5.66. The third-order valence-electron chi connectivity index (χ3n) is 5.88. The molecule has 3 atom stereocenters. The van der Waals surface area contributed by atoms with Crippen molar-refractivity contribution in [1.82, 2.24) is 10.6 Å². The number of benzene rings is 2. The van der Waals surface area contributed by atoms with E-state index in [1.165, 1.54) is 13.8 Å². The molecule has 2 aromatic carbocycles. The maximum Gasteiger partial charge on any atom is 0.407 e. The Bertz CT molecular complexity index is 984. The number of carboxylic acids is 1. The van der Waals surface area contributed by atoms with E-state index < -0.39 is 48.8 Å². The Morgan fingerprint density at radius 2 is 1.52 bits per heavy atom. The van der Waals surface area contributed by atoms with Crippen molar-refractivity contribution in [3.05, 3.63) is 59.7 Å². The second-order valence-corrected chi connectivity index (χ2v) is 8.10. The first-order valence-corrected chi connectivity index (χ1v) is 10.6. The van der Waals surface area contributed by atoms with Crippen LogP contribution in [0.2, 0.25) is 0 Å². The fourth-order valence-electron chi connectivity index (χ4n) is 3.85. The largest absolute Gasteiger partial charge is 0.481 e. The highest BCUT2D eigenvalue weighted by Gasteiger charge is 2.31. The molecular weight excluding hydrogens is 434 g/mol. The van der Waals surface area contributed by atoms with Crippen LogP contribution in [0.25, 0.3) is 11.1 Å². The van der Waals surface area contributed by atoms with E-state index in [0.29, 0.717) is 0 Å². The summed E-state index contributed by atoms with van der Waals surface area (Å²) in [6.45, 7) is 2.81. The summed E-state index contributed by atoms with van der Waals surface area (Å²) in [6, 6.07) is 12.9. The highest BCUT2D eigenvalue weighted by Crippen LogP contribution is 2.44. The molecule has 2 aromatic rings. The van der Waals surface area contributed by atoms with Crippen LogP contribution in [0.15, 0.2) is 48.5 Å². The van der Waals surface area contributed by atoms with Crippen LogP contribution in [-0.2, 0) is 14.3 Å². The second kappa shape index (κ2) is 10.4. The first kappa shape index (κ1) is 24.2. The van der Waals surface area contributed by atoms with Crippen LogP contribution in [0.1, 0.15) is 37.3 Å². The number of carboxylic acid groups (broad SMARTS) is 1. The monoisotopic (exact) mass is 460 g/mol. The van der Waals surface area contributed by atoms with Crippen LogP contribution >= 0.6 is 0 Å². The lowest BCUT2D eigenvalue weighted by Crippen LogP contribution is -2.46. The number of halogens is 2. The Morgan fingerprint density at radius 1 is 0.970 bits per heavy atom. The Kier molecular flexibility index (Phi) is 7.63. The number of carbonyl (C=O) groups is 3. The topological polar surface area (TPSA) is 105 Å². The molecule has 176 valence electrons. The summed E-state index contributed by atoms with van der Waals surface area (Å²) in [7, 11) is 0. The summed E-state index contributed by atoms with van der Waals surface area (Å²) >= 11 is 0. The molecule has 3 unspecified atom stereocenters. The molecule has 7 nitrogen and oxygen atoms in total. The van der Waals surface area contributed by atoms with Gasteiger partial charge in [-0.3, -0.25) is 9.59 Å². The molecule has 0 spiro atoms. The average Bonchev–Trinajstić information content (AvgIpc) is 3.10. The van der Waals surface area contributed by atoms with Gasteiger partial charge in [0.25, 0.3) is 6.43 Å². The number of alkyl halides is 2. The van der Waals surface area contributed by atoms with Crippen LogP contribution < -0.4 is 10.6 Å². The maximum atomic E-state index is 13.4. The van der Waals surface area contributed by atoms with E-state index in [9.17, 15) is 23.2 Å². The standard InChI is InChI=1S/C24H26F2N2O5/c1-13(23(30)31)14(2)27-21(29)11-20(22(25)26)28-24(32)33-12-19-17-9-5-3-7-15(17)16-8-4-6-10-18(16)19/h3-10,13-14,19-20,22H,11-12H2,1-2H3,(H,27,29)(H,28,32)(H,30,31). The molecule has 0 radical (unpaired) electrons. The molecule has 9 heteroatoms. The van der Waals surface area contributed by atoms with E-state index >= 15 is 0 Å². The van der Waals surface area contributed by atoms with E-state index in [0.717, 1.165) is 22.3 Å². The Labute approximate surface area is 190 Å². The van der Waals surface area contributed by atoms with Crippen molar-refractivity contribution < 1.29 is 33.0 Å². The van der Waals surface area contributed by atoms with Gasteiger partial charge in [0, 0.05) is 12.0 Å². The number of nitrogens with one attached hydrogen (secondary N) is 2. The molecular formula is C24H26F2N2O5. The molecule has 3 N–H and O–H groups in total. The molecule has 0 aliphatic heterocycles. The third-order valence-corrected chi connectivity index (χ3v) is 5.88. The number of alkyl carbamates (subject to hydrolysis) is 1. The number of aliphatic carboxylic acids is 1. The Hall–Kier alpha value is -3.49. The van der Waals surface area contributed by atoms with Gasteiger partial charge in [-0.25, -0.2) is 13.6 Å². The molecule has 33 heavy (non-hydrogen) atoms. The lowest BCUT2D eigenvalue weighted by Gasteiger charge is -2.21. The highest BCUT2D eigenvalue weighted by atomic mass is 19.3. The van der Waals surface area contributed by atoms with Gasteiger partial charge >= 0.3 is 12.1 Å². The van der Waals surface area contributed by atoms with Crippen LogP contribution in [0.3, 0.4) is 0 Å². The fourth-order valence-corrected chi connectivity index (χ4v) is 3.85. The molecule has 0 bridgehead atoms. The number of ether oxygens (including phenoxy) is 1. The first-order chi connectivity index (χ1) is 15.7. The SMILES string of the molecule is CC(NC(=O)CC(NC(=O)OCC1c2ccccc2-c2ccccc21)C(F)F)C(C)C(=O)O. The lowest BCUT2D eigenvalue weighted by atomic mass is 9.98. The first-order valence-electron chi connectivity index (χ1n) is 10.6. The lowest BCUT2D eigenvalue weighted by molar-refractivity contribution is -0.142. The molecule has 0 saturated heterocycles. The zero-order valence-corrected chi connectivity index (χ0v) is 18.3. The predicted octanol–water partition coefficient (Wildman–Crippen LogP) is 3.77. The van der Waals surface area contributed by atoms with E-state index in [1.807, 2.05) is 48.5 Å². The van der Waals surface area contributed by atoms with Crippen molar-refractivity contribution in [1.29, 1.82) is 0 Å². The number of hydrogen-bond donors (Lipinski definition) is 3. The van der Waals surface area contributed by atoms with Crippen LogP contribution in [0.5, 0.6) is 0 Å². The van der Waals surface area contributed by atoms with Crippen molar-refractivity contribution in [2.24, 2.45) is 5.92 Å². The molecule has 0 fully saturated rings. The van der Waals surface area contributed by atoms with E-state index in [2.05, 4.69) is 10.6 Å². The molecule has 3 rings (SSSR count). The summed E-state index contributed by atoms with van der Waals surface area (Å²) in [5.74, 6) is -3.03. The second-order valence-electron chi connectivity index (χ2n) is 8.10. The highest BCUT2D eigenvalue weighted by molar-refractivity contribution is 5.80. The van der Waals surface area contributed by atoms with Gasteiger partial charge in [-0.15, -0.1) is 0 Å². The zero-order chi connectivity index (χ0) is 24.1. The quantitative estimate of drug-likeness (QED) is 0.528. The fraction of sp³-hybridized carbons (Fsp3) is 0.375. The van der Waals surface area contributed by atoms with Crippen LogP contribution in [-0.4, -0.2) is 48.2 Å². The summed E-state index contributed by atoms with van der Waals surface area (Å²) in [4.78, 5) is 35.3. The minimum absolute atomic E-state index is 0.0465. The number of carbonyl (C=O) groups excluding carboxylic acids is 2. The smallest absolute Gasteiger partial charge is 0.407 e. The normalized spacial score (nSPS) is 15.2. The van der Waals surface area contributed by atoms with Crippen molar-refractivity contribution >= 4 is 18.0 Å². The van der Waals surface area contributed by atoms with Crippen LogP contribution in [0.4, 0.5) is 13.6 Å². The Balaban J connectivity index is 1.59. The van der Waals surface area contributed by atoms with Gasteiger partial charge in [-0.05, 0) is 36.1 Å². The van der Waals surface area contributed by atoms with Crippen LogP contribution in [0, 0.1) is 5.92 Å². The minimum Gasteiger partial charge on any atom is -0.481 e. The summed E-state index contributed by atoms with van der Waals surface area (Å²) in [5, 5.41) is 13.4. The van der Waals surface area contributed by atoms with E-state index in [4.69, 9.17) is 9.84 Å². The van der Waals surface area contributed by atoms with Crippen molar-refractivity contribution in [2.45, 2.75) is 44.7 Å². The molecule has 2 amide bonds. The molecule has 1 aliphatic carbocycles. The molecule has 0 aromatic heterocycles. The Morgan fingerprint density at radius 3 is 2.03 bits per heavy atom. The minimum atomic E-state index is -3.01. The van der Waals surface area contributed by atoms with Crippen molar-refractivity contribution in [3.63, 3.8) is 0 Å². The zero-order valence-electron chi connectivity index (χ0n) is 18.3. The molecule has 0 saturated carbocycles. The molecule has 1 aliphatic rings. The van der Waals surface area contributed by atoms with Crippen molar-refractivity contribution in [2.75, 3.05) is 6.61 Å². The summed E-state index contributed by atoms with van der Waals surface area (Å²) in [5.41, 5.74) is 4.04. The van der Waals surface area contributed by atoms with Gasteiger partial charge in [-0.1, -0.05) is 48.5 Å². The van der Waals surface area contributed by atoms with Gasteiger partial charge in [0.15, 0.2) is 0 Å². The number of amides is 2.